The molecule has 0 aliphatic rings. The zero-order valence-corrected chi connectivity index (χ0v) is 12.0. The van der Waals surface area contributed by atoms with E-state index in [9.17, 15) is 8.42 Å². The zero-order valence-electron chi connectivity index (χ0n) is 11.2. The molecule has 3 N–H and O–H groups in total. The van der Waals surface area contributed by atoms with Crippen LogP contribution in [-0.4, -0.2) is 15.5 Å². The number of aryl methyl sites for hydroxylation is 1. The lowest BCUT2D eigenvalue weighted by Gasteiger charge is -2.10. The Kier molecular flexibility index (Phi) is 4.01. The number of ether oxygens (including phenoxy) is 1. The number of nitrogens with two attached hydrogens (primary N) is 1. The lowest BCUT2D eigenvalue weighted by atomic mass is 10.3. The smallest absolute Gasteiger partial charge is 0.244 e. The maximum absolute atomic E-state index is 12.2. The van der Waals surface area contributed by atoms with Crippen LogP contribution in [0.25, 0.3) is 0 Å². The number of anilines is 1. The highest BCUT2D eigenvalue weighted by Gasteiger charge is 2.19. The van der Waals surface area contributed by atoms with E-state index in [0.29, 0.717) is 11.4 Å². The van der Waals surface area contributed by atoms with Crippen LogP contribution in [0.4, 0.5) is 5.69 Å². The molecule has 6 nitrogen and oxygen atoms in total. The van der Waals surface area contributed by atoms with Gasteiger partial charge in [-0.05, 0) is 31.2 Å². The SMILES string of the molecule is COc1cc(N)ccc1S(=O)(=O)NCc1ccc(C)o1. The van der Waals surface area contributed by atoms with Gasteiger partial charge in [0.05, 0.1) is 13.7 Å². The summed E-state index contributed by atoms with van der Waals surface area (Å²) in [5, 5.41) is 0. The molecule has 1 aromatic carbocycles. The summed E-state index contributed by atoms with van der Waals surface area (Å²) in [6.07, 6.45) is 0. The summed E-state index contributed by atoms with van der Waals surface area (Å²) in [6, 6.07) is 7.87. The number of furan rings is 1. The van der Waals surface area contributed by atoms with Crippen LogP contribution in [0.1, 0.15) is 11.5 Å². The number of sulfonamides is 1. The maximum atomic E-state index is 12.2. The predicted molar refractivity (Wildman–Crippen MR) is 74.9 cm³/mol. The van der Waals surface area contributed by atoms with Crippen molar-refractivity contribution < 1.29 is 17.6 Å². The third kappa shape index (κ3) is 3.12. The number of hydrogen-bond acceptors (Lipinski definition) is 5. The van der Waals surface area contributed by atoms with E-state index >= 15 is 0 Å². The Labute approximate surface area is 117 Å². The second kappa shape index (κ2) is 5.56. The summed E-state index contributed by atoms with van der Waals surface area (Å²) >= 11 is 0. The first kappa shape index (κ1) is 14.4. The molecule has 1 aromatic heterocycles. The Morgan fingerprint density at radius 1 is 1.30 bits per heavy atom. The van der Waals surface area contributed by atoms with Crippen LogP contribution in [0, 0.1) is 6.92 Å². The molecule has 0 fully saturated rings. The summed E-state index contributed by atoms with van der Waals surface area (Å²) < 4.78 is 37.3. The highest BCUT2D eigenvalue weighted by molar-refractivity contribution is 7.89. The minimum absolute atomic E-state index is 0.0393. The lowest BCUT2D eigenvalue weighted by Crippen LogP contribution is -2.23. The first-order chi connectivity index (χ1) is 9.42. The van der Waals surface area contributed by atoms with Gasteiger partial charge in [0.15, 0.2) is 0 Å². The molecule has 0 unspecified atom stereocenters. The molecule has 7 heteroatoms. The van der Waals surface area contributed by atoms with E-state index in [1.54, 1.807) is 19.1 Å². The molecule has 0 bridgehead atoms. The molecule has 1 heterocycles. The third-order valence-electron chi connectivity index (χ3n) is 2.71. The van der Waals surface area contributed by atoms with E-state index in [-0.39, 0.29) is 17.2 Å². The summed E-state index contributed by atoms with van der Waals surface area (Å²) in [7, 11) is -2.31. The number of nitrogens with one attached hydrogen (secondary N) is 1. The van der Waals surface area contributed by atoms with E-state index in [0.717, 1.165) is 5.76 Å². The maximum Gasteiger partial charge on any atom is 0.244 e. The molecule has 108 valence electrons. The first-order valence-electron chi connectivity index (χ1n) is 5.91. The molecule has 2 aromatic rings. The number of hydrogen-bond donors (Lipinski definition) is 2. The average Bonchev–Trinajstić information content (AvgIpc) is 2.82. The van der Waals surface area contributed by atoms with E-state index < -0.39 is 10.0 Å². The van der Waals surface area contributed by atoms with Gasteiger partial charge in [0, 0.05) is 11.8 Å². The largest absolute Gasteiger partial charge is 0.495 e. The van der Waals surface area contributed by atoms with Crippen LogP contribution in [0.5, 0.6) is 5.75 Å². The van der Waals surface area contributed by atoms with Crippen molar-refractivity contribution in [3.63, 3.8) is 0 Å². The third-order valence-corrected chi connectivity index (χ3v) is 4.15. The molecule has 0 saturated heterocycles. The molecule has 0 radical (unpaired) electrons. The normalized spacial score (nSPS) is 11.5. The minimum atomic E-state index is -3.70. The van der Waals surface area contributed by atoms with Crippen LogP contribution >= 0.6 is 0 Å². The highest BCUT2D eigenvalue weighted by Crippen LogP contribution is 2.26. The fourth-order valence-corrected chi connectivity index (χ4v) is 2.87. The van der Waals surface area contributed by atoms with Crippen LogP contribution in [-0.2, 0) is 16.6 Å². The molecule has 0 atom stereocenters. The molecule has 0 aliphatic carbocycles. The van der Waals surface area contributed by atoms with Gasteiger partial charge in [0.2, 0.25) is 10.0 Å². The predicted octanol–water partition coefficient (Wildman–Crippen LogP) is 1.66. The summed E-state index contributed by atoms with van der Waals surface area (Å²) in [5.74, 6) is 1.47. The van der Waals surface area contributed by atoms with Crippen molar-refractivity contribution in [3.8, 4) is 5.75 Å². The molecule has 2 rings (SSSR count). The van der Waals surface area contributed by atoms with Crippen molar-refractivity contribution in [2.45, 2.75) is 18.4 Å². The first-order valence-corrected chi connectivity index (χ1v) is 7.39. The zero-order chi connectivity index (χ0) is 14.8. The van der Waals surface area contributed by atoms with Gasteiger partial charge in [-0.1, -0.05) is 0 Å². The lowest BCUT2D eigenvalue weighted by molar-refractivity contribution is 0.402. The Balaban J connectivity index is 2.22. The van der Waals surface area contributed by atoms with Gasteiger partial charge in [-0.15, -0.1) is 0 Å². The van der Waals surface area contributed by atoms with Crippen LogP contribution in [0.3, 0.4) is 0 Å². The Morgan fingerprint density at radius 3 is 2.65 bits per heavy atom. The molecule has 0 amide bonds. The average molecular weight is 296 g/mol. The summed E-state index contributed by atoms with van der Waals surface area (Å²) in [4.78, 5) is 0.0393. The monoisotopic (exact) mass is 296 g/mol. The van der Waals surface area contributed by atoms with Gasteiger partial charge < -0.3 is 14.9 Å². The quantitative estimate of drug-likeness (QED) is 0.818. The van der Waals surface area contributed by atoms with Gasteiger partial charge in [0.25, 0.3) is 0 Å². The number of nitrogen functional groups attached to an aromatic ring is 1. The fourth-order valence-electron chi connectivity index (χ4n) is 1.73. The molecule has 0 aliphatic heterocycles. The van der Waals surface area contributed by atoms with Crippen molar-refractivity contribution in [1.82, 2.24) is 4.72 Å². The van der Waals surface area contributed by atoms with E-state index in [1.165, 1.54) is 25.3 Å². The number of rotatable bonds is 5. The van der Waals surface area contributed by atoms with Gasteiger partial charge in [-0.3, -0.25) is 0 Å². The van der Waals surface area contributed by atoms with Crippen LogP contribution in [0.15, 0.2) is 39.6 Å². The van der Waals surface area contributed by atoms with E-state index in [4.69, 9.17) is 14.9 Å². The second-order valence-electron chi connectivity index (χ2n) is 4.25. The van der Waals surface area contributed by atoms with Crippen molar-refractivity contribution >= 4 is 15.7 Å². The Morgan fingerprint density at radius 2 is 2.05 bits per heavy atom. The molecular weight excluding hydrogens is 280 g/mol. The summed E-state index contributed by atoms with van der Waals surface area (Å²) in [5.41, 5.74) is 6.04. The number of methoxy groups -OCH3 is 1. The topological polar surface area (TPSA) is 94.6 Å². The molecular formula is C13H16N2O4S. The molecule has 0 spiro atoms. The van der Waals surface area contributed by atoms with Crippen LogP contribution in [0.2, 0.25) is 0 Å². The van der Waals surface area contributed by atoms with Crippen molar-refractivity contribution in [2.24, 2.45) is 0 Å². The van der Waals surface area contributed by atoms with Crippen LogP contribution < -0.4 is 15.2 Å². The minimum Gasteiger partial charge on any atom is -0.495 e. The Bertz CT molecular complexity index is 707. The van der Waals surface area contributed by atoms with E-state index in [1.807, 2.05) is 0 Å². The van der Waals surface area contributed by atoms with Gasteiger partial charge in [0.1, 0.15) is 22.2 Å². The molecule has 0 saturated carbocycles. The van der Waals surface area contributed by atoms with Crippen molar-refractivity contribution in [2.75, 3.05) is 12.8 Å². The van der Waals surface area contributed by atoms with Crippen molar-refractivity contribution in [3.05, 3.63) is 41.9 Å². The second-order valence-corrected chi connectivity index (χ2v) is 5.98. The standard InChI is InChI=1S/C13H16N2O4S/c1-9-3-5-11(19-9)8-15-20(16,17)13-6-4-10(14)7-12(13)18-2/h3-7,15H,8,14H2,1-2H3. The summed E-state index contributed by atoms with van der Waals surface area (Å²) in [6.45, 7) is 1.87. The fraction of sp³-hybridized carbons (Fsp3) is 0.231. The van der Waals surface area contributed by atoms with E-state index in [2.05, 4.69) is 4.72 Å². The van der Waals surface area contributed by atoms with Crippen molar-refractivity contribution in [1.29, 1.82) is 0 Å². The molecule has 20 heavy (non-hydrogen) atoms. The van der Waals surface area contributed by atoms with Gasteiger partial charge in [-0.2, -0.15) is 0 Å². The highest BCUT2D eigenvalue weighted by atomic mass is 32.2. The Hall–Kier alpha value is -1.99. The van der Waals surface area contributed by atoms with Gasteiger partial charge >= 0.3 is 0 Å². The number of benzene rings is 1. The van der Waals surface area contributed by atoms with Gasteiger partial charge in [-0.25, -0.2) is 13.1 Å².